The molecule has 1 aromatic rings. The van der Waals surface area contributed by atoms with Crippen molar-refractivity contribution in [3.05, 3.63) is 39.9 Å². The van der Waals surface area contributed by atoms with Crippen LogP contribution < -0.4 is 0 Å². The number of hydrogen-bond acceptors (Lipinski definition) is 5. The lowest BCUT2D eigenvalue weighted by atomic mass is 10.1. The van der Waals surface area contributed by atoms with Crippen molar-refractivity contribution >= 4 is 23.5 Å². The molecule has 0 atom stereocenters. The SMILES string of the molecule is CC(C)(C)OC(=O)N1CCC(SCc2ccc([N+](=O)[O-])cc2)CC1. The Labute approximate surface area is 146 Å². The molecule has 0 bridgehead atoms. The Morgan fingerprint density at radius 2 is 1.88 bits per heavy atom. The van der Waals surface area contributed by atoms with Gasteiger partial charge in [-0.25, -0.2) is 4.79 Å². The van der Waals surface area contributed by atoms with Gasteiger partial charge in [0, 0.05) is 36.2 Å². The normalized spacial score (nSPS) is 16.0. The van der Waals surface area contributed by atoms with Crippen molar-refractivity contribution in [2.24, 2.45) is 0 Å². The summed E-state index contributed by atoms with van der Waals surface area (Å²) in [5.74, 6) is 0.828. The average molecular weight is 352 g/mol. The second-order valence-corrected chi connectivity index (χ2v) is 8.19. The largest absolute Gasteiger partial charge is 0.444 e. The molecule has 0 unspecified atom stereocenters. The number of nitro groups is 1. The van der Waals surface area contributed by atoms with Crippen LogP contribution in [0.4, 0.5) is 10.5 Å². The third-order valence-corrected chi connectivity index (χ3v) is 5.17. The second kappa shape index (κ2) is 7.88. The minimum atomic E-state index is -0.460. The minimum absolute atomic E-state index is 0.120. The number of amides is 1. The molecular weight excluding hydrogens is 328 g/mol. The van der Waals surface area contributed by atoms with Crippen LogP contribution in [0, 0.1) is 10.1 Å². The van der Waals surface area contributed by atoms with Crippen LogP contribution in [0.5, 0.6) is 0 Å². The Bertz CT molecular complexity index is 575. The quantitative estimate of drug-likeness (QED) is 0.599. The minimum Gasteiger partial charge on any atom is -0.444 e. The molecule has 24 heavy (non-hydrogen) atoms. The third-order valence-electron chi connectivity index (χ3n) is 3.73. The topological polar surface area (TPSA) is 72.7 Å². The maximum atomic E-state index is 12.0. The molecule has 1 heterocycles. The first kappa shape index (κ1) is 18.6. The molecule has 1 fully saturated rings. The molecule has 1 aliphatic rings. The standard InChI is InChI=1S/C17H24N2O4S/c1-17(2,3)23-16(20)18-10-8-15(9-11-18)24-12-13-4-6-14(7-5-13)19(21)22/h4-7,15H,8-12H2,1-3H3. The molecule has 1 saturated heterocycles. The molecule has 7 heteroatoms. The van der Waals surface area contributed by atoms with Crippen LogP contribution in [-0.2, 0) is 10.5 Å². The van der Waals surface area contributed by atoms with Gasteiger partial charge in [-0.15, -0.1) is 0 Å². The van der Waals surface area contributed by atoms with Crippen molar-refractivity contribution in [3.63, 3.8) is 0 Å². The molecule has 0 N–H and O–H groups in total. The smallest absolute Gasteiger partial charge is 0.410 e. The van der Waals surface area contributed by atoms with E-state index in [2.05, 4.69) is 0 Å². The van der Waals surface area contributed by atoms with Gasteiger partial charge in [0.25, 0.3) is 5.69 Å². The molecule has 0 saturated carbocycles. The van der Waals surface area contributed by atoms with Crippen molar-refractivity contribution in [1.29, 1.82) is 0 Å². The molecule has 1 amide bonds. The molecule has 0 spiro atoms. The maximum absolute atomic E-state index is 12.0. The highest BCUT2D eigenvalue weighted by atomic mass is 32.2. The zero-order valence-corrected chi connectivity index (χ0v) is 15.2. The van der Waals surface area contributed by atoms with Crippen LogP contribution >= 0.6 is 11.8 Å². The Kier molecular flexibility index (Phi) is 6.10. The van der Waals surface area contributed by atoms with Crippen LogP contribution in [0.15, 0.2) is 24.3 Å². The molecule has 132 valence electrons. The van der Waals surface area contributed by atoms with E-state index in [4.69, 9.17) is 4.74 Å². The fraction of sp³-hybridized carbons (Fsp3) is 0.588. The number of hydrogen-bond donors (Lipinski definition) is 0. The predicted molar refractivity (Wildman–Crippen MR) is 95.2 cm³/mol. The van der Waals surface area contributed by atoms with E-state index in [1.54, 1.807) is 29.2 Å². The van der Waals surface area contributed by atoms with Gasteiger partial charge < -0.3 is 9.64 Å². The molecule has 0 aromatic heterocycles. The van der Waals surface area contributed by atoms with E-state index >= 15 is 0 Å². The van der Waals surface area contributed by atoms with E-state index in [1.807, 2.05) is 32.5 Å². The number of benzene rings is 1. The molecule has 0 radical (unpaired) electrons. The zero-order valence-electron chi connectivity index (χ0n) is 14.4. The molecule has 6 nitrogen and oxygen atoms in total. The number of non-ortho nitro benzene ring substituents is 1. The summed E-state index contributed by atoms with van der Waals surface area (Å²) in [7, 11) is 0. The van der Waals surface area contributed by atoms with E-state index in [1.165, 1.54) is 0 Å². The van der Waals surface area contributed by atoms with Gasteiger partial charge in [0.05, 0.1) is 4.92 Å². The summed E-state index contributed by atoms with van der Waals surface area (Å²) in [5, 5.41) is 11.1. The van der Waals surface area contributed by atoms with Gasteiger partial charge in [0.15, 0.2) is 0 Å². The lowest BCUT2D eigenvalue weighted by Crippen LogP contribution is -2.42. The zero-order chi connectivity index (χ0) is 17.7. The third kappa shape index (κ3) is 5.70. The predicted octanol–water partition coefficient (Wildman–Crippen LogP) is 4.23. The van der Waals surface area contributed by atoms with Crippen molar-refractivity contribution in [3.8, 4) is 0 Å². The van der Waals surface area contributed by atoms with Gasteiger partial charge in [-0.05, 0) is 39.2 Å². The summed E-state index contributed by atoms with van der Waals surface area (Å²) in [6.07, 6.45) is 1.65. The first-order chi connectivity index (χ1) is 11.2. The Balaban J connectivity index is 1.75. The van der Waals surface area contributed by atoms with E-state index < -0.39 is 5.60 Å². The number of carbonyl (C=O) groups excluding carboxylic acids is 1. The molecule has 1 aliphatic heterocycles. The first-order valence-electron chi connectivity index (χ1n) is 8.07. The molecule has 1 aromatic carbocycles. The van der Waals surface area contributed by atoms with Gasteiger partial charge in [0.2, 0.25) is 0 Å². The van der Waals surface area contributed by atoms with Gasteiger partial charge >= 0.3 is 6.09 Å². The lowest BCUT2D eigenvalue weighted by molar-refractivity contribution is -0.384. The van der Waals surface area contributed by atoms with E-state index in [0.29, 0.717) is 18.3 Å². The van der Waals surface area contributed by atoms with Gasteiger partial charge in [-0.2, -0.15) is 11.8 Å². The van der Waals surface area contributed by atoms with Crippen molar-refractivity contribution in [2.45, 2.75) is 50.2 Å². The number of nitro benzene ring substituents is 1. The van der Waals surface area contributed by atoms with Crippen LogP contribution in [0.1, 0.15) is 39.2 Å². The van der Waals surface area contributed by atoms with Crippen molar-refractivity contribution < 1.29 is 14.5 Å². The number of nitrogens with zero attached hydrogens (tertiary/aromatic N) is 2. The lowest BCUT2D eigenvalue weighted by Gasteiger charge is -2.33. The highest BCUT2D eigenvalue weighted by Gasteiger charge is 2.26. The number of ether oxygens (including phenoxy) is 1. The van der Waals surface area contributed by atoms with E-state index in [9.17, 15) is 14.9 Å². The van der Waals surface area contributed by atoms with Crippen LogP contribution in [-0.4, -0.2) is 39.9 Å². The van der Waals surface area contributed by atoms with Crippen LogP contribution in [0.25, 0.3) is 0 Å². The van der Waals surface area contributed by atoms with Gasteiger partial charge in [-0.3, -0.25) is 10.1 Å². The summed E-state index contributed by atoms with van der Waals surface area (Å²) in [4.78, 5) is 24.1. The maximum Gasteiger partial charge on any atom is 0.410 e. The highest BCUT2D eigenvalue weighted by Crippen LogP contribution is 2.28. The Morgan fingerprint density at radius 1 is 1.29 bits per heavy atom. The fourth-order valence-corrected chi connectivity index (χ4v) is 3.62. The molecule has 0 aliphatic carbocycles. The van der Waals surface area contributed by atoms with Gasteiger partial charge in [-0.1, -0.05) is 12.1 Å². The van der Waals surface area contributed by atoms with Crippen LogP contribution in [0.3, 0.4) is 0 Å². The molecular formula is C17H24N2O4S. The van der Waals surface area contributed by atoms with Gasteiger partial charge in [0.1, 0.15) is 5.60 Å². The number of thioether (sulfide) groups is 1. The number of carbonyl (C=O) groups is 1. The number of likely N-dealkylation sites (tertiary alicyclic amines) is 1. The van der Waals surface area contributed by atoms with Crippen molar-refractivity contribution in [2.75, 3.05) is 13.1 Å². The summed E-state index contributed by atoms with van der Waals surface area (Å²) < 4.78 is 5.40. The Hall–Kier alpha value is -1.76. The Morgan fingerprint density at radius 3 is 2.38 bits per heavy atom. The summed E-state index contributed by atoms with van der Waals surface area (Å²) in [6.45, 7) is 7.05. The molecule has 2 rings (SSSR count). The highest BCUT2D eigenvalue weighted by molar-refractivity contribution is 7.99. The summed E-state index contributed by atoms with van der Waals surface area (Å²) in [5.41, 5.74) is 0.744. The van der Waals surface area contributed by atoms with E-state index in [0.717, 1.165) is 24.2 Å². The number of rotatable bonds is 4. The van der Waals surface area contributed by atoms with Crippen molar-refractivity contribution in [1.82, 2.24) is 4.90 Å². The monoisotopic (exact) mass is 352 g/mol. The summed E-state index contributed by atoms with van der Waals surface area (Å²) >= 11 is 1.84. The van der Waals surface area contributed by atoms with E-state index in [-0.39, 0.29) is 16.7 Å². The van der Waals surface area contributed by atoms with Crippen LogP contribution in [0.2, 0.25) is 0 Å². The average Bonchev–Trinajstić information content (AvgIpc) is 2.52. The number of piperidine rings is 1. The summed E-state index contributed by atoms with van der Waals surface area (Å²) in [6, 6.07) is 6.70. The first-order valence-corrected chi connectivity index (χ1v) is 9.12. The second-order valence-electron chi connectivity index (χ2n) is 6.90. The fourth-order valence-electron chi connectivity index (χ4n) is 2.46.